The highest BCUT2D eigenvalue weighted by Crippen LogP contribution is 2.29. The zero-order valence-corrected chi connectivity index (χ0v) is 14.1. The normalized spacial score (nSPS) is 49.1. The topological polar surface area (TPSA) is 192 Å². The van der Waals surface area contributed by atoms with E-state index >= 15 is 0 Å². The van der Waals surface area contributed by atoms with Gasteiger partial charge in [0.05, 0.1) is 12.2 Å². The molecule has 0 bridgehead atoms. The first kappa shape index (κ1) is 20.9. The fourth-order valence-corrected chi connectivity index (χ4v) is 3.26. The Morgan fingerprint density at radius 1 is 0.800 bits per heavy atom. The maximum atomic E-state index is 10.9. The van der Waals surface area contributed by atoms with Crippen LogP contribution in [0.3, 0.4) is 0 Å². The summed E-state index contributed by atoms with van der Waals surface area (Å²) in [5.41, 5.74) is 0. The Bertz CT molecular complexity index is 554. The highest BCUT2D eigenvalue weighted by molar-refractivity contribution is 7.80. The van der Waals surface area contributed by atoms with Gasteiger partial charge in [-0.25, -0.2) is 4.18 Å². The minimum atomic E-state index is -4.93. The van der Waals surface area contributed by atoms with Crippen molar-refractivity contribution >= 4 is 10.4 Å². The van der Waals surface area contributed by atoms with Gasteiger partial charge in [-0.1, -0.05) is 0 Å². The van der Waals surface area contributed by atoms with E-state index in [4.69, 9.17) is 18.8 Å². The number of rotatable bonds is 4. The molecule has 0 spiro atoms. The van der Waals surface area contributed by atoms with Crippen LogP contribution in [0.15, 0.2) is 0 Å². The van der Waals surface area contributed by atoms with Crippen molar-refractivity contribution in [1.29, 1.82) is 0 Å². The Balaban J connectivity index is 2.14. The van der Waals surface area contributed by atoms with E-state index in [-0.39, 0.29) is 0 Å². The van der Waals surface area contributed by atoms with Gasteiger partial charge in [0, 0.05) is 0 Å². The first-order valence-electron chi connectivity index (χ1n) is 7.44. The molecule has 10 atom stereocenters. The molecule has 2 heterocycles. The number of hydrogen-bond donors (Lipinski definition) is 6. The Morgan fingerprint density at radius 2 is 1.40 bits per heavy atom. The van der Waals surface area contributed by atoms with E-state index in [1.165, 1.54) is 13.8 Å². The highest BCUT2D eigenvalue weighted by Gasteiger charge is 2.50. The predicted octanol–water partition coefficient (Wildman–Crippen LogP) is -3.51. The van der Waals surface area contributed by atoms with E-state index < -0.39 is 71.8 Å². The van der Waals surface area contributed by atoms with Crippen molar-refractivity contribution in [2.75, 3.05) is 0 Å². The van der Waals surface area contributed by atoms with Crippen LogP contribution in [0.1, 0.15) is 13.8 Å². The molecular weight excluding hydrogens is 368 g/mol. The van der Waals surface area contributed by atoms with Gasteiger partial charge in [0.1, 0.15) is 36.6 Å². The molecule has 2 fully saturated rings. The molecule has 2 aliphatic rings. The van der Waals surface area contributed by atoms with Gasteiger partial charge in [-0.3, -0.25) is 4.55 Å². The lowest BCUT2D eigenvalue weighted by atomic mass is 9.98. The lowest BCUT2D eigenvalue weighted by molar-refractivity contribution is -0.354. The van der Waals surface area contributed by atoms with E-state index in [0.717, 1.165) is 0 Å². The van der Waals surface area contributed by atoms with Crippen LogP contribution >= 0.6 is 0 Å². The second-order valence-corrected chi connectivity index (χ2v) is 7.04. The highest BCUT2D eigenvalue weighted by atomic mass is 32.3. The number of hydrogen-bond acceptors (Lipinski definition) is 11. The second kappa shape index (κ2) is 7.66. The van der Waals surface area contributed by atoms with Crippen LogP contribution in [-0.2, 0) is 28.8 Å². The Kier molecular flexibility index (Phi) is 6.39. The number of aliphatic hydroxyl groups is 5. The minimum absolute atomic E-state index is 0.939. The molecule has 2 rings (SSSR count). The first-order valence-corrected chi connectivity index (χ1v) is 8.81. The van der Waals surface area contributed by atoms with Crippen molar-refractivity contribution in [2.24, 2.45) is 0 Å². The largest absolute Gasteiger partial charge is 0.397 e. The predicted molar refractivity (Wildman–Crippen MR) is 76.2 cm³/mol. The van der Waals surface area contributed by atoms with Gasteiger partial charge in [-0.2, -0.15) is 8.42 Å². The van der Waals surface area contributed by atoms with Crippen LogP contribution in [0.2, 0.25) is 0 Å². The van der Waals surface area contributed by atoms with Crippen molar-refractivity contribution < 1.29 is 56.9 Å². The minimum Gasteiger partial charge on any atom is -0.388 e. The van der Waals surface area contributed by atoms with Crippen molar-refractivity contribution in [3.8, 4) is 0 Å². The molecule has 148 valence electrons. The van der Waals surface area contributed by atoms with Crippen molar-refractivity contribution in [3.05, 3.63) is 0 Å². The van der Waals surface area contributed by atoms with Gasteiger partial charge >= 0.3 is 10.4 Å². The Labute approximate surface area is 143 Å². The van der Waals surface area contributed by atoms with Crippen LogP contribution in [0, 0.1) is 0 Å². The van der Waals surface area contributed by atoms with E-state index in [2.05, 4.69) is 4.18 Å². The summed E-state index contributed by atoms with van der Waals surface area (Å²) < 4.78 is 50.3. The molecular formula is C12H22O12S. The lowest BCUT2D eigenvalue weighted by Crippen LogP contribution is -2.63. The maximum Gasteiger partial charge on any atom is 0.397 e. The summed E-state index contributed by atoms with van der Waals surface area (Å²) in [4.78, 5) is 0. The molecule has 0 amide bonds. The summed E-state index contributed by atoms with van der Waals surface area (Å²) in [6.45, 7) is 2.68. The monoisotopic (exact) mass is 390 g/mol. The third-order valence-corrected chi connectivity index (χ3v) is 4.57. The smallest absolute Gasteiger partial charge is 0.388 e. The van der Waals surface area contributed by atoms with Gasteiger partial charge in [0.2, 0.25) is 0 Å². The molecule has 2 saturated heterocycles. The average Bonchev–Trinajstić information content (AvgIpc) is 2.49. The summed E-state index contributed by atoms with van der Waals surface area (Å²) in [5, 5.41) is 49.4. The molecule has 13 heteroatoms. The molecule has 0 aromatic rings. The van der Waals surface area contributed by atoms with E-state index in [9.17, 15) is 34.0 Å². The zero-order valence-electron chi connectivity index (χ0n) is 13.3. The Hall–Kier alpha value is -0.450. The number of aliphatic hydroxyl groups excluding tert-OH is 5. The van der Waals surface area contributed by atoms with Gasteiger partial charge in [-0.15, -0.1) is 0 Å². The molecule has 12 nitrogen and oxygen atoms in total. The van der Waals surface area contributed by atoms with Crippen LogP contribution < -0.4 is 0 Å². The molecule has 25 heavy (non-hydrogen) atoms. The van der Waals surface area contributed by atoms with Crippen LogP contribution in [0.4, 0.5) is 0 Å². The molecule has 6 N–H and O–H groups in total. The van der Waals surface area contributed by atoms with Crippen LogP contribution in [-0.4, -0.2) is 99.9 Å². The quantitative estimate of drug-likeness (QED) is 0.260. The van der Waals surface area contributed by atoms with Crippen LogP contribution in [0.25, 0.3) is 0 Å². The van der Waals surface area contributed by atoms with Crippen LogP contribution in [0.5, 0.6) is 0 Å². The van der Waals surface area contributed by atoms with Crippen molar-refractivity contribution in [2.45, 2.75) is 75.3 Å². The molecule has 0 radical (unpaired) electrons. The van der Waals surface area contributed by atoms with E-state index in [1.807, 2.05) is 0 Å². The standard InChI is InChI=1S/C12H22O12S/c1-3-5(13)6(14)7(15)12(22-3)23-10-8(16)9(24-25(18,19)20)4(2)21-11(10)17/h3-17H,1-2H3,(H,18,19,20)/t3-,4-,5+,6+,7-,8+,9+,10-,11+,12-/m0/s1. The van der Waals surface area contributed by atoms with E-state index in [1.54, 1.807) is 0 Å². The van der Waals surface area contributed by atoms with Crippen molar-refractivity contribution in [3.63, 3.8) is 0 Å². The molecule has 2 aliphatic heterocycles. The summed E-state index contributed by atoms with van der Waals surface area (Å²) in [6.07, 6.45) is -15.1. The van der Waals surface area contributed by atoms with Gasteiger partial charge in [0.15, 0.2) is 12.6 Å². The maximum absolute atomic E-state index is 10.9. The summed E-state index contributed by atoms with van der Waals surface area (Å²) in [5.74, 6) is 0. The van der Waals surface area contributed by atoms with E-state index in [0.29, 0.717) is 0 Å². The molecule has 0 aromatic carbocycles. The fourth-order valence-electron chi connectivity index (χ4n) is 2.71. The average molecular weight is 390 g/mol. The molecule has 0 aromatic heterocycles. The Morgan fingerprint density at radius 3 is 1.96 bits per heavy atom. The van der Waals surface area contributed by atoms with Gasteiger partial charge in [-0.05, 0) is 13.8 Å². The molecule has 0 saturated carbocycles. The summed E-state index contributed by atoms with van der Waals surface area (Å²) >= 11 is 0. The third kappa shape index (κ3) is 4.64. The second-order valence-electron chi connectivity index (χ2n) is 5.99. The van der Waals surface area contributed by atoms with Crippen molar-refractivity contribution in [1.82, 2.24) is 0 Å². The third-order valence-electron chi connectivity index (χ3n) is 4.10. The molecule has 0 aliphatic carbocycles. The fraction of sp³-hybridized carbons (Fsp3) is 1.00. The number of ether oxygens (including phenoxy) is 3. The first-order chi connectivity index (χ1) is 11.4. The lowest BCUT2D eigenvalue weighted by Gasteiger charge is -2.44. The summed E-state index contributed by atoms with van der Waals surface area (Å²) in [6, 6.07) is 0. The van der Waals surface area contributed by atoms with Gasteiger partial charge in [0.25, 0.3) is 0 Å². The summed E-state index contributed by atoms with van der Waals surface area (Å²) in [7, 11) is -4.93. The zero-order chi connectivity index (χ0) is 19.1. The molecule has 0 unspecified atom stereocenters. The SMILES string of the molecule is C[C@@H]1O[C@@H](O[C@H]2[C@H](O)[C@H](OS(=O)(=O)O)[C@H](C)O[C@H]2O)[C@@H](O)[C@H](O)[C@@H]1O. The van der Waals surface area contributed by atoms with Gasteiger partial charge < -0.3 is 39.7 Å².